The molecule has 0 N–H and O–H groups in total. The molecule has 0 unspecified atom stereocenters. The standard InChI is InChI=1S/C19H17N3O6/c1-20(2)16-8-7-12(22(26)27)11-15(16)19(25)28-10-9-21-17(23)13-5-3-4-6-14(13)18(21)24/h3-8,11H,9-10H2,1-2H3. The Morgan fingerprint density at radius 3 is 2.25 bits per heavy atom. The number of ether oxygens (including phenoxy) is 1. The summed E-state index contributed by atoms with van der Waals surface area (Å²) in [6.07, 6.45) is 0. The summed E-state index contributed by atoms with van der Waals surface area (Å²) in [4.78, 5) is 50.1. The number of hydrogen-bond donors (Lipinski definition) is 0. The minimum Gasteiger partial charge on any atom is -0.460 e. The van der Waals surface area contributed by atoms with Crippen LogP contribution in [0.15, 0.2) is 42.5 Å². The number of hydrogen-bond acceptors (Lipinski definition) is 7. The molecule has 0 saturated heterocycles. The van der Waals surface area contributed by atoms with Gasteiger partial charge in [0.1, 0.15) is 6.61 Å². The fourth-order valence-electron chi connectivity index (χ4n) is 2.94. The van der Waals surface area contributed by atoms with Gasteiger partial charge in [0.15, 0.2) is 0 Å². The maximum absolute atomic E-state index is 12.4. The van der Waals surface area contributed by atoms with E-state index in [0.29, 0.717) is 16.8 Å². The van der Waals surface area contributed by atoms with Crippen molar-refractivity contribution in [2.45, 2.75) is 0 Å². The van der Waals surface area contributed by atoms with E-state index >= 15 is 0 Å². The summed E-state index contributed by atoms with van der Waals surface area (Å²) in [6, 6.07) is 10.3. The Labute approximate surface area is 160 Å². The molecule has 3 rings (SSSR count). The third-order valence-electron chi connectivity index (χ3n) is 4.32. The van der Waals surface area contributed by atoms with E-state index in [1.54, 1.807) is 43.3 Å². The predicted molar refractivity (Wildman–Crippen MR) is 99.5 cm³/mol. The molecule has 0 radical (unpaired) electrons. The van der Waals surface area contributed by atoms with Gasteiger partial charge in [0.05, 0.1) is 33.8 Å². The number of nitrogens with zero attached hydrogens (tertiary/aromatic N) is 3. The molecule has 0 bridgehead atoms. The maximum atomic E-state index is 12.4. The van der Waals surface area contributed by atoms with Crippen molar-refractivity contribution >= 4 is 29.2 Å². The summed E-state index contributed by atoms with van der Waals surface area (Å²) < 4.78 is 5.18. The third kappa shape index (κ3) is 3.41. The van der Waals surface area contributed by atoms with E-state index in [1.165, 1.54) is 12.1 Å². The van der Waals surface area contributed by atoms with Crippen LogP contribution in [0.1, 0.15) is 31.1 Å². The Morgan fingerprint density at radius 2 is 1.71 bits per heavy atom. The van der Waals surface area contributed by atoms with Gasteiger partial charge >= 0.3 is 5.97 Å². The number of amides is 2. The van der Waals surface area contributed by atoms with E-state index in [4.69, 9.17) is 4.74 Å². The van der Waals surface area contributed by atoms with Crippen molar-refractivity contribution in [1.82, 2.24) is 4.90 Å². The highest BCUT2D eigenvalue weighted by molar-refractivity contribution is 6.21. The van der Waals surface area contributed by atoms with Gasteiger partial charge in [-0.15, -0.1) is 0 Å². The number of nitro groups is 1. The van der Waals surface area contributed by atoms with Crippen molar-refractivity contribution < 1.29 is 24.0 Å². The van der Waals surface area contributed by atoms with E-state index in [2.05, 4.69) is 0 Å². The smallest absolute Gasteiger partial charge is 0.340 e. The number of esters is 1. The van der Waals surface area contributed by atoms with E-state index in [1.807, 2.05) is 0 Å². The van der Waals surface area contributed by atoms with Crippen LogP contribution in [-0.4, -0.2) is 54.9 Å². The van der Waals surface area contributed by atoms with Crippen LogP contribution in [0, 0.1) is 10.1 Å². The minimum absolute atomic E-state index is 0.0292. The van der Waals surface area contributed by atoms with Crippen LogP contribution >= 0.6 is 0 Å². The molecule has 9 nitrogen and oxygen atoms in total. The number of fused-ring (bicyclic) bond motifs is 1. The third-order valence-corrected chi connectivity index (χ3v) is 4.32. The summed E-state index contributed by atoms with van der Waals surface area (Å²) >= 11 is 0. The van der Waals surface area contributed by atoms with Crippen LogP contribution in [0.25, 0.3) is 0 Å². The summed E-state index contributed by atoms with van der Waals surface area (Å²) in [5, 5.41) is 11.0. The van der Waals surface area contributed by atoms with Crippen LogP contribution in [0.4, 0.5) is 11.4 Å². The molecular formula is C19H17N3O6. The van der Waals surface area contributed by atoms with Gasteiger partial charge in [-0.05, 0) is 18.2 Å². The second kappa shape index (κ2) is 7.47. The topological polar surface area (TPSA) is 110 Å². The zero-order chi connectivity index (χ0) is 20.4. The molecule has 0 aromatic heterocycles. The van der Waals surface area contributed by atoms with E-state index in [-0.39, 0.29) is 24.4 Å². The van der Waals surface area contributed by atoms with E-state index in [9.17, 15) is 24.5 Å². The van der Waals surface area contributed by atoms with Crippen molar-refractivity contribution in [2.75, 3.05) is 32.1 Å². The lowest BCUT2D eigenvalue weighted by atomic mass is 10.1. The SMILES string of the molecule is CN(C)c1ccc([N+](=O)[O-])cc1C(=O)OCCN1C(=O)c2ccccc2C1=O. The summed E-state index contributed by atoms with van der Waals surface area (Å²) in [5.74, 6) is -1.66. The molecule has 0 aliphatic carbocycles. The number of nitro benzene ring substituents is 1. The molecule has 9 heteroatoms. The Balaban J connectivity index is 1.70. The Morgan fingerprint density at radius 1 is 1.11 bits per heavy atom. The van der Waals surface area contributed by atoms with Crippen LogP contribution in [0.5, 0.6) is 0 Å². The maximum Gasteiger partial charge on any atom is 0.340 e. The molecule has 0 fully saturated rings. The summed E-state index contributed by atoms with van der Waals surface area (Å²) in [6.45, 7) is -0.329. The first-order valence-corrected chi connectivity index (χ1v) is 8.39. The quantitative estimate of drug-likeness (QED) is 0.325. The lowest BCUT2D eigenvalue weighted by molar-refractivity contribution is -0.384. The highest BCUT2D eigenvalue weighted by atomic mass is 16.6. The molecule has 0 atom stereocenters. The van der Waals surface area contributed by atoms with Crippen molar-refractivity contribution in [2.24, 2.45) is 0 Å². The number of non-ortho nitro benzene ring substituents is 1. The first-order valence-electron chi connectivity index (χ1n) is 8.39. The number of carbonyl (C=O) groups is 3. The average Bonchev–Trinajstić information content (AvgIpc) is 2.92. The summed E-state index contributed by atoms with van der Waals surface area (Å²) in [5.41, 5.74) is 0.871. The highest BCUT2D eigenvalue weighted by Gasteiger charge is 2.35. The lowest BCUT2D eigenvalue weighted by Crippen LogP contribution is -2.33. The monoisotopic (exact) mass is 383 g/mol. The second-order valence-corrected chi connectivity index (χ2v) is 6.30. The molecular weight excluding hydrogens is 366 g/mol. The van der Waals surface area contributed by atoms with Gasteiger partial charge < -0.3 is 9.64 Å². The van der Waals surface area contributed by atoms with Crippen LogP contribution in [0.2, 0.25) is 0 Å². The Bertz CT molecular complexity index is 950. The molecule has 2 aromatic rings. The molecule has 1 aliphatic heterocycles. The predicted octanol–water partition coefficient (Wildman–Crippen LogP) is 2.11. The fraction of sp³-hybridized carbons (Fsp3) is 0.211. The molecule has 0 spiro atoms. The molecule has 1 heterocycles. The van der Waals surface area contributed by atoms with Crippen molar-refractivity contribution in [3.8, 4) is 0 Å². The first-order chi connectivity index (χ1) is 13.3. The van der Waals surface area contributed by atoms with Gasteiger partial charge in [0, 0.05) is 26.2 Å². The number of rotatable bonds is 6. The van der Waals surface area contributed by atoms with Crippen molar-refractivity contribution in [1.29, 1.82) is 0 Å². The molecule has 2 amide bonds. The van der Waals surface area contributed by atoms with Gasteiger partial charge in [0.2, 0.25) is 0 Å². The van der Waals surface area contributed by atoms with Gasteiger partial charge in [0.25, 0.3) is 17.5 Å². The Hall–Kier alpha value is -3.75. The highest BCUT2D eigenvalue weighted by Crippen LogP contribution is 2.25. The average molecular weight is 383 g/mol. The van der Waals surface area contributed by atoms with E-state index in [0.717, 1.165) is 11.0 Å². The molecule has 144 valence electrons. The number of benzene rings is 2. The van der Waals surface area contributed by atoms with Gasteiger partial charge in [-0.2, -0.15) is 0 Å². The largest absolute Gasteiger partial charge is 0.460 e. The number of imide groups is 1. The molecule has 28 heavy (non-hydrogen) atoms. The molecule has 0 saturated carbocycles. The Kier molecular flexibility index (Phi) is 5.08. The van der Waals surface area contributed by atoms with Gasteiger partial charge in [-0.3, -0.25) is 24.6 Å². The number of carbonyl (C=O) groups excluding carboxylic acids is 3. The van der Waals surface area contributed by atoms with Crippen LogP contribution in [-0.2, 0) is 4.74 Å². The zero-order valence-electron chi connectivity index (χ0n) is 15.2. The molecule has 1 aliphatic rings. The van der Waals surface area contributed by atoms with Crippen LogP contribution < -0.4 is 4.90 Å². The van der Waals surface area contributed by atoms with Crippen LogP contribution in [0.3, 0.4) is 0 Å². The van der Waals surface area contributed by atoms with Gasteiger partial charge in [-0.1, -0.05) is 12.1 Å². The van der Waals surface area contributed by atoms with Gasteiger partial charge in [-0.25, -0.2) is 4.79 Å². The fourth-order valence-corrected chi connectivity index (χ4v) is 2.94. The van der Waals surface area contributed by atoms with Crippen molar-refractivity contribution in [3.63, 3.8) is 0 Å². The van der Waals surface area contributed by atoms with E-state index < -0.39 is 22.7 Å². The second-order valence-electron chi connectivity index (χ2n) is 6.30. The zero-order valence-corrected chi connectivity index (χ0v) is 15.2. The number of anilines is 1. The minimum atomic E-state index is -0.774. The van der Waals surface area contributed by atoms with Crippen molar-refractivity contribution in [3.05, 3.63) is 69.3 Å². The lowest BCUT2D eigenvalue weighted by Gasteiger charge is -2.17. The molecule has 2 aromatic carbocycles. The first kappa shape index (κ1) is 19.0. The summed E-state index contributed by atoms with van der Waals surface area (Å²) in [7, 11) is 3.38. The normalized spacial score (nSPS) is 12.7.